The molecule has 1 amide bonds. The van der Waals surface area contributed by atoms with Gasteiger partial charge >= 0.3 is 0 Å². The van der Waals surface area contributed by atoms with Crippen molar-refractivity contribution in [2.45, 2.75) is 0 Å². The van der Waals surface area contributed by atoms with Crippen molar-refractivity contribution < 1.29 is 9.63 Å². The molecule has 4 nitrogen and oxygen atoms in total. The van der Waals surface area contributed by atoms with Crippen LogP contribution in [0, 0.1) is 0 Å². The zero-order chi connectivity index (χ0) is 11.7. The second-order valence-electron chi connectivity index (χ2n) is 3.77. The third kappa shape index (κ3) is 1.52. The van der Waals surface area contributed by atoms with Gasteiger partial charge in [0.05, 0.1) is 17.3 Å². The second kappa shape index (κ2) is 3.89. The summed E-state index contributed by atoms with van der Waals surface area (Å²) in [6.07, 6.45) is 1.72. The summed E-state index contributed by atoms with van der Waals surface area (Å²) >= 11 is 0. The number of aromatic nitrogens is 1. The Bertz CT molecular complexity index is 529. The van der Waals surface area contributed by atoms with E-state index in [0.29, 0.717) is 5.56 Å². The summed E-state index contributed by atoms with van der Waals surface area (Å²) in [7, 11) is 5.05. The lowest BCUT2D eigenvalue weighted by Gasteiger charge is -2.08. The third-order valence-electron chi connectivity index (χ3n) is 2.51. The van der Waals surface area contributed by atoms with Crippen LogP contribution in [-0.4, -0.2) is 36.7 Å². The van der Waals surface area contributed by atoms with Gasteiger partial charge in [0.25, 0.3) is 5.91 Å². The Morgan fingerprint density at radius 3 is 2.62 bits per heavy atom. The lowest BCUT2D eigenvalue weighted by atomic mass is 10.1. The average molecular weight is 218 g/mol. The van der Waals surface area contributed by atoms with Gasteiger partial charge in [-0.2, -0.15) is 4.73 Å². The Hall–Kier alpha value is -1.97. The fourth-order valence-corrected chi connectivity index (χ4v) is 1.71. The quantitative estimate of drug-likeness (QED) is 0.763. The van der Waals surface area contributed by atoms with Crippen molar-refractivity contribution in [3.05, 3.63) is 36.0 Å². The minimum Gasteiger partial charge on any atom is -0.417 e. The largest absolute Gasteiger partial charge is 0.417 e. The smallest absolute Gasteiger partial charge is 0.255 e. The van der Waals surface area contributed by atoms with Gasteiger partial charge in [-0.05, 0) is 6.07 Å². The van der Waals surface area contributed by atoms with Gasteiger partial charge in [0.15, 0.2) is 0 Å². The minimum absolute atomic E-state index is 0.0213. The minimum atomic E-state index is -0.0213. The van der Waals surface area contributed by atoms with Gasteiger partial charge in [-0.1, -0.05) is 18.2 Å². The highest BCUT2D eigenvalue weighted by molar-refractivity contribution is 6.06. The van der Waals surface area contributed by atoms with Crippen molar-refractivity contribution >= 4 is 16.8 Å². The lowest BCUT2D eigenvalue weighted by molar-refractivity contribution is 0.0827. The van der Waals surface area contributed by atoms with Crippen molar-refractivity contribution in [3.8, 4) is 0 Å². The van der Waals surface area contributed by atoms with Crippen LogP contribution in [0.2, 0.25) is 0 Å². The van der Waals surface area contributed by atoms with Gasteiger partial charge in [0.2, 0.25) is 0 Å². The maximum Gasteiger partial charge on any atom is 0.255 e. The Balaban J connectivity index is 2.66. The van der Waals surface area contributed by atoms with Crippen LogP contribution >= 0.6 is 0 Å². The molecule has 0 aliphatic rings. The van der Waals surface area contributed by atoms with Crippen molar-refractivity contribution in [1.82, 2.24) is 9.63 Å². The first kappa shape index (κ1) is 10.5. The fraction of sp³-hybridized carbons (Fsp3) is 0.250. The number of carbonyl (C=O) groups is 1. The SMILES string of the molecule is COn1cc(C(=O)N(C)C)c2ccccc21. The molecule has 1 aromatic carbocycles. The second-order valence-corrected chi connectivity index (χ2v) is 3.77. The van der Waals surface area contributed by atoms with Crippen LogP contribution < -0.4 is 4.84 Å². The molecule has 0 spiro atoms. The first-order chi connectivity index (χ1) is 7.65. The Kier molecular flexibility index (Phi) is 2.56. The van der Waals surface area contributed by atoms with E-state index in [0.717, 1.165) is 10.9 Å². The average Bonchev–Trinajstić information content (AvgIpc) is 2.66. The molecular weight excluding hydrogens is 204 g/mol. The van der Waals surface area contributed by atoms with E-state index in [9.17, 15) is 4.79 Å². The molecule has 0 unspecified atom stereocenters. The van der Waals surface area contributed by atoms with Crippen LogP contribution in [0.4, 0.5) is 0 Å². The number of hydrogen-bond acceptors (Lipinski definition) is 2. The molecule has 84 valence electrons. The molecule has 1 heterocycles. The first-order valence-corrected chi connectivity index (χ1v) is 5.01. The summed E-state index contributed by atoms with van der Waals surface area (Å²) in [5, 5.41) is 0.906. The van der Waals surface area contributed by atoms with Crippen LogP contribution in [0.3, 0.4) is 0 Å². The monoisotopic (exact) mass is 218 g/mol. The standard InChI is InChI=1S/C12H14N2O2/c1-13(2)12(15)10-8-14(16-3)11-7-5-4-6-9(10)11/h4-8H,1-3H3. The van der Waals surface area contributed by atoms with E-state index in [1.165, 1.54) is 0 Å². The molecule has 0 saturated heterocycles. The van der Waals surface area contributed by atoms with Gasteiger partial charge in [-0.3, -0.25) is 4.79 Å². The number of carbonyl (C=O) groups excluding carboxylic acids is 1. The fourth-order valence-electron chi connectivity index (χ4n) is 1.71. The van der Waals surface area contributed by atoms with E-state index < -0.39 is 0 Å². The van der Waals surface area contributed by atoms with E-state index in [2.05, 4.69) is 0 Å². The lowest BCUT2D eigenvalue weighted by Crippen LogP contribution is -2.21. The van der Waals surface area contributed by atoms with E-state index >= 15 is 0 Å². The van der Waals surface area contributed by atoms with Crippen LogP contribution in [0.15, 0.2) is 30.5 Å². The van der Waals surface area contributed by atoms with E-state index in [1.807, 2.05) is 24.3 Å². The number of fused-ring (bicyclic) bond motifs is 1. The van der Waals surface area contributed by atoms with Gasteiger partial charge in [0.1, 0.15) is 7.11 Å². The third-order valence-corrected chi connectivity index (χ3v) is 2.51. The topological polar surface area (TPSA) is 34.5 Å². The molecule has 0 bridgehead atoms. The van der Waals surface area contributed by atoms with Crippen LogP contribution in [0.1, 0.15) is 10.4 Å². The molecule has 2 rings (SSSR count). The maximum atomic E-state index is 11.9. The highest BCUT2D eigenvalue weighted by Gasteiger charge is 2.16. The molecule has 0 aliphatic carbocycles. The summed E-state index contributed by atoms with van der Waals surface area (Å²) in [5.74, 6) is -0.0213. The number of nitrogens with zero attached hydrogens (tertiary/aromatic N) is 2. The van der Waals surface area contributed by atoms with Crippen molar-refractivity contribution in [2.75, 3.05) is 21.2 Å². The number of benzene rings is 1. The number of para-hydroxylation sites is 1. The zero-order valence-corrected chi connectivity index (χ0v) is 9.60. The molecular formula is C12H14N2O2. The van der Waals surface area contributed by atoms with E-state index in [1.54, 1.807) is 37.0 Å². The van der Waals surface area contributed by atoms with Gasteiger partial charge < -0.3 is 9.74 Å². The number of hydrogen-bond donors (Lipinski definition) is 0. The predicted octanol–water partition coefficient (Wildman–Crippen LogP) is 1.40. The number of rotatable bonds is 2. The highest BCUT2D eigenvalue weighted by Crippen LogP contribution is 2.21. The zero-order valence-electron chi connectivity index (χ0n) is 9.60. The molecule has 0 N–H and O–H groups in total. The molecule has 4 heteroatoms. The first-order valence-electron chi connectivity index (χ1n) is 5.01. The Morgan fingerprint density at radius 1 is 1.31 bits per heavy atom. The Morgan fingerprint density at radius 2 is 2.00 bits per heavy atom. The normalized spacial score (nSPS) is 10.4. The van der Waals surface area contributed by atoms with Gasteiger partial charge in [-0.25, -0.2) is 0 Å². The summed E-state index contributed by atoms with van der Waals surface area (Å²) in [4.78, 5) is 18.7. The van der Waals surface area contributed by atoms with Crippen molar-refractivity contribution in [2.24, 2.45) is 0 Å². The highest BCUT2D eigenvalue weighted by atomic mass is 16.6. The van der Waals surface area contributed by atoms with E-state index in [4.69, 9.17) is 4.84 Å². The molecule has 0 aliphatic heterocycles. The van der Waals surface area contributed by atoms with Crippen molar-refractivity contribution in [1.29, 1.82) is 0 Å². The maximum absolute atomic E-state index is 11.9. The van der Waals surface area contributed by atoms with Crippen molar-refractivity contribution in [3.63, 3.8) is 0 Å². The van der Waals surface area contributed by atoms with Crippen LogP contribution in [-0.2, 0) is 0 Å². The summed E-state index contributed by atoms with van der Waals surface area (Å²) in [6, 6.07) is 7.67. The molecule has 0 radical (unpaired) electrons. The number of amides is 1. The van der Waals surface area contributed by atoms with Gasteiger partial charge in [0, 0.05) is 19.5 Å². The van der Waals surface area contributed by atoms with Crippen LogP contribution in [0.25, 0.3) is 10.9 Å². The Labute approximate surface area is 94.0 Å². The molecule has 2 aromatic rings. The summed E-state index contributed by atoms with van der Waals surface area (Å²) in [5.41, 5.74) is 1.55. The molecule has 0 saturated carbocycles. The molecule has 16 heavy (non-hydrogen) atoms. The van der Waals surface area contributed by atoms with E-state index in [-0.39, 0.29) is 5.91 Å². The molecule has 0 fully saturated rings. The molecule has 0 atom stereocenters. The summed E-state index contributed by atoms with van der Waals surface area (Å²) in [6.45, 7) is 0. The van der Waals surface area contributed by atoms with Gasteiger partial charge in [-0.15, -0.1) is 0 Å². The summed E-state index contributed by atoms with van der Waals surface area (Å²) < 4.78 is 1.60. The predicted molar refractivity (Wildman–Crippen MR) is 62.5 cm³/mol. The molecule has 1 aromatic heterocycles. The van der Waals surface area contributed by atoms with Crippen LogP contribution in [0.5, 0.6) is 0 Å².